The predicted octanol–water partition coefficient (Wildman–Crippen LogP) is 1.09. The molecule has 0 aliphatic rings. The van der Waals surface area contributed by atoms with E-state index in [0.717, 1.165) is 12.8 Å². The number of aliphatic hydroxyl groups is 1. The van der Waals surface area contributed by atoms with E-state index in [1.54, 1.807) is 6.92 Å². The molecule has 0 amide bonds. The van der Waals surface area contributed by atoms with Gasteiger partial charge in [-0.15, -0.1) is 0 Å². The second-order valence-electron chi connectivity index (χ2n) is 2.92. The second kappa shape index (κ2) is 3.18. The van der Waals surface area contributed by atoms with Crippen LogP contribution in [0.5, 0.6) is 0 Å². The lowest BCUT2D eigenvalue weighted by atomic mass is 9.96. The molecule has 0 aromatic rings. The summed E-state index contributed by atoms with van der Waals surface area (Å²) in [5.74, 6) is 0.197. The van der Waals surface area contributed by atoms with Crippen LogP contribution in [0.4, 0.5) is 0 Å². The summed E-state index contributed by atoms with van der Waals surface area (Å²) in [6.07, 6.45) is 2.07. The van der Waals surface area contributed by atoms with Crippen LogP contribution >= 0.6 is 0 Å². The van der Waals surface area contributed by atoms with Crippen LogP contribution in [0.1, 0.15) is 33.6 Å². The van der Waals surface area contributed by atoms with E-state index in [4.69, 9.17) is 5.73 Å². The van der Waals surface area contributed by atoms with Crippen molar-refractivity contribution in [2.75, 3.05) is 0 Å². The standard InChI is InChI=1S/C7H17NO/c1-4-5-6(2)7(3,8)9/h6,9H,4-5,8H2,1-3H3. The molecule has 0 heterocycles. The van der Waals surface area contributed by atoms with Crippen molar-refractivity contribution in [3.63, 3.8) is 0 Å². The van der Waals surface area contributed by atoms with Crippen molar-refractivity contribution < 1.29 is 5.11 Å². The predicted molar refractivity (Wildman–Crippen MR) is 38.9 cm³/mol. The Balaban J connectivity index is 3.59. The first-order chi connectivity index (χ1) is 3.98. The van der Waals surface area contributed by atoms with Gasteiger partial charge in [-0.25, -0.2) is 0 Å². The molecule has 2 heteroatoms. The maximum Gasteiger partial charge on any atom is 0.113 e. The van der Waals surface area contributed by atoms with Crippen LogP contribution in [0.15, 0.2) is 0 Å². The zero-order chi connectivity index (χ0) is 7.49. The van der Waals surface area contributed by atoms with E-state index in [1.165, 1.54) is 0 Å². The summed E-state index contributed by atoms with van der Waals surface area (Å²) < 4.78 is 0. The van der Waals surface area contributed by atoms with E-state index in [0.29, 0.717) is 0 Å². The van der Waals surface area contributed by atoms with Gasteiger partial charge in [0.05, 0.1) is 0 Å². The highest BCUT2D eigenvalue weighted by Crippen LogP contribution is 2.15. The molecule has 2 atom stereocenters. The third-order valence-electron chi connectivity index (χ3n) is 1.72. The monoisotopic (exact) mass is 131 g/mol. The van der Waals surface area contributed by atoms with Gasteiger partial charge in [-0.2, -0.15) is 0 Å². The van der Waals surface area contributed by atoms with Crippen molar-refractivity contribution in [1.29, 1.82) is 0 Å². The molecule has 2 unspecified atom stereocenters. The third kappa shape index (κ3) is 3.49. The van der Waals surface area contributed by atoms with E-state index in [1.807, 2.05) is 6.92 Å². The fourth-order valence-corrected chi connectivity index (χ4v) is 0.725. The first-order valence-electron chi connectivity index (χ1n) is 3.49. The molecule has 0 bridgehead atoms. The summed E-state index contributed by atoms with van der Waals surface area (Å²) >= 11 is 0. The number of nitrogens with two attached hydrogens (primary N) is 1. The Morgan fingerprint density at radius 1 is 1.67 bits per heavy atom. The number of rotatable bonds is 3. The van der Waals surface area contributed by atoms with Gasteiger partial charge in [-0.1, -0.05) is 20.3 Å². The van der Waals surface area contributed by atoms with Crippen LogP contribution in [0.3, 0.4) is 0 Å². The van der Waals surface area contributed by atoms with Gasteiger partial charge >= 0.3 is 0 Å². The van der Waals surface area contributed by atoms with Gasteiger partial charge in [-0.05, 0) is 19.3 Å². The fraction of sp³-hybridized carbons (Fsp3) is 1.00. The minimum Gasteiger partial charge on any atom is -0.376 e. The minimum absolute atomic E-state index is 0.197. The Labute approximate surface area is 57.1 Å². The number of hydrogen-bond acceptors (Lipinski definition) is 2. The van der Waals surface area contributed by atoms with Gasteiger partial charge in [0.1, 0.15) is 5.72 Å². The zero-order valence-corrected chi connectivity index (χ0v) is 6.52. The lowest BCUT2D eigenvalue weighted by Crippen LogP contribution is -2.42. The lowest BCUT2D eigenvalue weighted by molar-refractivity contribution is 0.00883. The average molecular weight is 131 g/mol. The molecule has 0 spiro atoms. The van der Waals surface area contributed by atoms with Crippen molar-refractivity contribution in [2.45, 2.75) is 39.3 Å². The molecule has 0 saturated heterocycles. The van der Waals surface area contributed by atoms with Crippen molar-refractivity contribution in [2.24, 2.45) is 11.7 Å². The maximum atomic E-state index is 9.20. The normalized spacial score (nSPS) is 21.0. The molecule has 0 aliphatic carbocycles. The number of hydrogen-bond donors (Lipinski definition) is 2. The molecular weight excluding hydrogens is 114 g/mol. The van der Waals surface area contributed by atoms with E-state index in [2.05, 4.69) is 6.92 Å². The van der Waals surface area contributed by atoms with E-state index >= 15 is 0 Å². The Morgan fingerprint density at radius 3 is 2.22 bits per heavy atom. The minimum atomic E-state index is -0.990. The van der Waals surface area contributed by atoms with Crippen molar-refractivity contribution in [3.8, 4) is 0 Å². The van der Waals surface area contributed by atoms with Gasteiger partial charge in [-0.3, -0.25) is 0 Å². The molecule has 56 valence electrons. The molecule has 3 N–H and O–H groups in total. The first kappa shape index (κ1) is 8.92. The first-order valence-corrected chi connectivity index (χ1v) is 3.49. The highest BCUT2D eigenvalue weighted by molar-refractivity contribution is 4.70. The van der Waals surface area contributed by atoms with E-state index < -0.39 is 5.72 Å². The summed E-state index contributed by atoms with van der Waals surface area (Å²) in [6.45, 7) is 5.69. The third-order valence-corrected chi connectivity index (χ3v) is 1.72. The van der Waals surface area contributed by atoms with Gasteiger partial charge < -0.3 is 10.8 Å². The molecule has 0 aromatic carbocycles. The molecule has 0 rings (SSSR count). The van der Waals surface area contributed by atoms with Crippen molar-refractivity contribution in [3.05, 3.63) is 0 Å². The molecular formula is C7H17NO. The largest absolute Gasteiger partial charge is 0.376 e. The molecule has 0 radical (unpaired) electrons. The maximum absolute atomic E-state index is 9.20. The Kier molecular flexibility index (Phi) is 3.15. The van der Waals surface area contributed by atoms with Crippen LogP contribution in [-0.2, 0) is 0 Å². The molecule has 2 nitrogen and oxygen atoms in total. The van der Waals surface area contributed by atoms with Crippen molar-refractivity contribution in [1.82, 2.24) is 0 Å². The van der Waals surface area contributed by atoms with E-state index in [9.17, 15) is 5.11 Å². The van der Waals surface area contributed by atoms with Gasteiger partial charge in [0, 0.05) is 0 Å². The van der Waals surface area contributed by atoms with Gasteiger partial charge in [0.25, 0.3) is 0 Å². The van der Waals surface area contributed by atoms with E-state index in [-0.39, 0.29) is 5.92 Å². The summed E-state index contributed by atoms with van der Waals surface area (Å²) in [4.78, 5) is 0. The lowest BCUT2D eigenvalue weighted by Gasteiger charge is -2.24. The summed E-state index contributed by atoms with van der Waals surface area (Å²) in [5.41, 5.74) is 4.43. The zero-order valence-electron chi connectivity index (χ0n) is 6.52. The Bertz CT molecular complexity index is 75.5. The van der Waals surface area contributed by atoms with Crippen LogP contribution < -0.4 is 5.73 Å². The average Bonchev–Trinajstić information content (AvgIpc) is 1.64. The Hall–Kier alpha value is -0.0800. The molecule has 0 aromatic heterocycles. The fourth-order valence-electron chi connectivity index (χ4n) is 0.725. The Morgan fingerprint density at radius 2 is 2.11 bits per heavy atom. The van der Waals surface area contributed by atoms with Crippen LogP contribution in [-0.4, -0.2) is 10.8 Å². The molecule has 9 heavy (non-hydrogen) atoms. The molecule has 0 fully saturated rings. The topological polar surface area (TPSA) is 46.2 Å². The van der Waals surface area contributed by atoms with Crippen LogP contribution in [0, 0.1) is 5.92 Å². The molecule has 0 aliphatic heterocycles. The highest BCUT2D eigenvalue weighted by Gasteiger charge is 2.21. The molecule has 0 saturated carbocycles. The summed E-state index contributed by atoms with van der Waals surface area (Å²) in [6, 6.07) is 0. The smallest absolute Gasteiger partial charge is 0.113 e. The van der Waals surface area contributed by atoms with Crippen molar-refractivity contribution >= 4 is 0 Å². The second-order valence-corrected chi connectivity index (χ2v) is 2.92. The SMILES string of the molecule is CCCC(C)C(C)(N)O. The quantitative estimate of drug-likeness (QED) is 0.563. The summed E-state index contributed by atoms with van der Waals surface area (Å²) in [7, 11) is 0. The van der Waals surface area contributed by atoms with Gasteiger partial charge in [0.2, 0.25) is 0 Å². The van der Waals surface area contributed by atoms with Crippen LogP contribution in [0.25, 0.3) is 0 Å². The van der Waals surface area contributed by atoms with Crippen LogP contribution in [0.2, 0.25) is 0 Å². The summed E-state index contributed by atoms with van der Waals surface area (Å²) in [5, 5.41) is 9.20. The highest BCUT2D eigenvalue weighted by atomic mass is 16.3. The van der Waals surface area contributed by atoms with Gasteiger partial charge in [0.15, 0.2) is 0 Å².